The number of aryl methyl sites for hydroxylation is 1. The lowest BCUT2D eigenvalue weighted by Gasteiger charge is -2.33. The molecular formula is C27H29F3N6O9S. The second-order valence-electron chi connectivity index (χ2n) is 9.93. The van der Waals surface area contributed by atoms with Gasteiger partial charge in [-0.2, -0.15) is 18.3 Å². The molecule has 0 saturated carbocycles. The summed E-state index contributed by atoms with van der Waals surface area (Å²) in [5.74, 6) is -0.328. The minimum absolute atomic E-state index is 0.0884. The summed E-state index contributed by atoms with van der Waals surface area (Å²) >= 11 is 0. The molecule has 1 atom stereocenters. The zero-order chi connectivity index (χ0) is 33.6. The van der Waals surface area contributed by atoms with Crippen molar-refractivity contribution in [1.29, 1.82) is 0 Å². The van der Waals surface area contributed by atoms with E-state index in [0.717, 1.165) is 28.4 Å². The van der Waals surface area contributed by atoms with E-state index >= 15 is 0 Å². The topological polar surface area (TPSA) is 177 Å². The monoisotopic (exact) mass is 670 g/mol. The van der Waals surface area contributed by atoms with Gasteiger partial charge in [-0.25, -0.2) is 27.4 Å². The standard InChI is InChI=1S/C27H29F3N6O9S/c1-4-42-26(38)44-18(3)45-33-36(39)34-14-19(15-34)16-43-25(37)32-46(40,41)22-11-9-21(10-12-22)35-23(13-24(31-35)27(28,29)30)20-7-5-17(2)6-8-20/h5-13,18-19H,4,14-16H2,1-3H3,(H,32,37)/b36-33-. The number of nitrogens with zero attached hydrogens (tertiary/aromatic N) is 5. The minimum Gasteiger partial charge on any atom is -0.569 e. The second-order valence-corrected chi connectivity index (χ2v) is 11.6. The number of ether oxygens (including phenoxy) is 3. The SMILES string of the molecule is CCOC(=O)OC(C)O/N=[N+](\[O-])N1CC(COC(=O)NS(=O)(=O)c2ccc(-n3nc(C(F)(F)F)cc3-c3ccc(C)cc3)cc2)C1. The quantitative estimate of drug-likeness (QED) is 0.0996. The molecule has 1 N–H and O–H groups in total. The zero-order valence-corrected chi connectivity index (χ0v) is 25.4. The number of benzene rings is 2. The Morgan fingerprint density at radius 3 is 2.39 bits per heavy atom. The second kappa shape index (κ2) is 13.9. The number of carbonyl (C=O) groups excluding carboxylic acids is 2. The van der Waals surface area contributed by atoms with Gasteiger partial charge in [0.1, 0.15) is 0 Å². The van der Waals surface area contributed by atoms with E-state index in [-0.39, 0.29) is 53.5 Å². The van der Waals surface area contributed by atoms with Crippen LogP contribution in [-0.2, 0) is 35.2 Å². The van der Waals surface area contributed by atoms with E-state index in [1.807, 2.05) is 6.92 Å². The highest BCUT2D eigenvalue weighted by Crippen LogP contribution is 2.33. The molecule has 1 aliphatic heterocycles. The maximum Gasteiger partial charge on any atom is 0.511 e. The summed E-state index contributed by atoms with van der Waals surface area (Å²) in [6, 6.07) is 12.4. The van der Waals surface area contributed by atoms with Crippen molar-refractivity contribution in [2.45, 2.75) is 38.1 Å². The fourth-order valence-corrected chi connectivity index (χ4v) is 4.95. The molecule has 15 nitrogen and oxygen atoms in total. The molecule has 0 radical (unpaired) electrons. The third-order valence-electron chi connectivity index (χ3n) is 6.38. The van der Waals surface area contributed by atoms with Gasteiger partial charge in [0.15, 0.2) is 5.69 Å². The van der Waals surface area contributed by atoms with Crippen LogP contribution in [0.2, 0.25) is 0 Å². The number of amides is 1. The number of hydrogen-bond donors (Lipinski definition) is 1. The Kier molecular flexibility index (Phi) is 10.2. The Morgan fingerprint density at radius 2 is 1.78 bits per heavy atom. The molecule has 19 heteroatoms. The van der Waals surface area contributed by atoms with E-state index in [9.17, 15) is 36.4 Å². The van der Waals surface area contributed by atoms with Crippen LogP contribution in [0.25, 0.3) is 16.9 Å². The number of alkyl halides is 3. The van der Waals surface area contributed by atoms with Crippen LogP contribution in [0.3, 0.4) is 0 Å². The number of rotatable bonds is 11. The van der Waals surface area contributed by atoms with Crippen LogP contribution in [-0.4, -0.2) is 73.0 Å². The van der Waals surface area contributed by atoms with Crippen molar-refractivity contribution in [3.63, 3.8) is 0 Å². The summed E-state index contributed by atoms with van der Waals surface area (Å²) in [5, 5.41) is 20.1. The molecule has 1 aromatic heterocycles. The number of carbonyl (C=O) groups is 2. The van der Waals surface area contributed by atoms with Gasteiger partial charge in [0.25, 0.3) is 16.3 Å². The summed E-state index contributed by atoms with van der Waals surface area (Å²) in [6.45, 7) is 4.78. The van der Waals surface area contributed by atoms with Crippen molar-refractivity contribution in [3.05, 3.63) is 71.1 Å². The number of nitrogens with one attached hydrogen (secondary N) is 1. The first-order chi connectivity index (χ1) is 21.7. The first-order valence-corrected chi connectivity index (χ1v) is 15.1. The molecule has 0 bridgehead atoms. The van der Waals surface area contributed by atoms with Crippen LogP contribution in [0.15, 0.2) is 64.8 Å². The maximum absolute atomic E-state index is 13.5. The maximum atomic E-state index is 13.5. The summed E-state index contributed by atoms with van der Waals surface area (Å²) in [5.41, 5.74) is 0.526. The van der Waals surface area contributed by atoms with E-state index in [2.05, 4.69) is 19.8 Å². The third kappa shape index (κ3) is 8.55. The Bertz CT molecular complexity index is 1670. The Hall–Kier alpha value is -5.07. The molecule has 3 aromatic rings. The molecule has 248 valence electrons. The average Bonchev–Trinajstić information content (AvgIpc) is 3.42. The molecule has 1 unspecified atom stereocenters. The molecular weight excluding hydrogens is 641 g/mol. The van der Waals surface area contributed by atoms with Crippen LogP contribution >= 0.6 is 0 Å². The third-order valence-corrected chi connectivity index (χ3v) is 7.70. The van der Waals surface area contributed by atoms with Gasteiger partial charge in [-0.05, 0) is 44.2 Å². The minimum atomic E-state index is -4.71. The van der Waals surface area contributed by atoms with Crippen molar-refractivity contribution in [1.82, 2.24) is 19.5 Å². The lowest BCUT2D eigenvalue weighted by Crippen LogP contribution is -2.52. The highest BCUT2D eigenvalue weighted by molar-refractivity contribution is 7.90. The van der Waals surface area contributed by atoms with E-state index < -0.39 is 40.4 Å². The van der Waals surface area contributed by atoms with E-state index in [0.29, 0.717) is 5.56 Å². The Labute approximate surface area is 260 Å². The average molecular weight is 671 g/mol. The Balaban J connectivity index is 1.31. The molecule has 1 amide bonds. The lowest BCUT2D eigenvalue weighted by molar-refractivity contribution is -0.728. The predicted molar refractivity (Wildman–Crippen MR) is 150 cm³/mol. The fourth-order valence-electron chi connectivity index (χ4n) is 4.06. The van der Waals surface area contributed by atoms with Gasteiger partial charge >= 0.3 is 18.4 Å². The zero-order valence-electron chi connectivity index (χ0n) is 24.6. The summed E-state index contributed by atoms with van der Waals surface area (Å²) in [4.78, 5) is 27.9. The highest BCUT2D eigenvalue weighted by Gasteiger charge is 2.36. The van der Waals surface area contributed by atoms with Crippen molar-refractivity contribution in [2.24, 2.45) is 11.2 Å². The lowest BCUT2D eigenvalue weighted by atomic mass is 10.0. The van der Waals surface area contributed by atoms with Gasteiger partial charge < -0.3 is 19.4 Å². The van der Waals surface area contributed by atoms with Crippen molar-refractivity contribution in [2.75, 3.05) is 26.3 Å². The van der Waals surface area contributed by atoms with Gasteiger partial charge in [0.05, 0.1) is 47.5 Å². The smallest absolute Gasteiger partial charge is 0.511 e. The van der Waals surface area contributed by atoms with Gasteiger partial charge in [0, 0.05) is 18.4 Å². The molecule has 0 aliphatic carbocycles. The first kappa shape index (κ1) is 33.8. The van der Waals surface area contributed by atoms with Gasteiger partial charge in [-0.3, -0.25) is 4.84 Å². The molecule has 1 aliphatic rings. The molecule has 2 heterocycles. The van der Waals surface area contributed by atoms with E-state index in [4.69, 9.17) is 9.57 Å². The van der Waals surface area contributed by atoms with E-state index in [1.165, 1.54) is 24.1 Å². The number of aromatic nitrogens is 2. The van der Waals surface area contributed by atoms with Crippen molar-refractivity contribution < 1.29 is 55.2 Å². The number of hydrogen-bond acceptors (Lipinski definition) is 11. The highest BCUT2D eigenvalue weighted by atomic mass is 32.2. The largest absolute Gasteiger partial charge is 0.569 e. The fraction of sp³-hybridized carbons (Fsp3) is 0.370. The molecule has 4 rings (SSSR count). The molecule has 2 aromatic carbocycles. The molecule has 0 spiro atoms. The molecule has 1 fully saturated rings. The Morgan fingerprint density at radius 1 is 1.13 bits per heavy atom. The predicted octanol–water partition coefficient (Wildman–Crippen LogP) is 4.54. The van der Waals surface area contributed by atoms with Gasteiger partial charge in [-0.1, -0.05) is 29.8 Å². The number of sulfonamides is 1. The van der Waals surface area contributed by atoms with Crippen LogP contribution in [0.4, 0.5) is 22.8 Å². The van der Waals surface area contributed by atoms with Crippen LogP contribution in [0.5, 0.6) is 0 Å². The van der Waals surface area contributed by atoms with Crippen LogP contribution in [0, 0.1) is 18.0 Å². The summed E-state index contributed by atoms with van der Waals surface area (Å²) in [6.07, 6.45) is -8.18. The summed E-state index contributed by atoms with van der Waals surface area (Å²) < 4.78 is 82.9. The number of halogens is 3. The molecule has 1 saturated heterocycles. The van der Waals surface area contributed by atoms with Crippen molar-refractivity contribution >= 4 is 22.3 Å². The number of hydrazine groups is 1. The first-order valence-electron chi connectivity index (χ1n) is 13.6. The van der Waals surface area contributed by atoms with Crippen LogP contribution < -0.4 is 4.72 Å². The van der Waals surface area contributed by atoms with Crippen molar-refractivity contribution in [3.8, 4) is 16.9 Å². The normalized spacial score (nSPS) is 14.7. The molecule has 46 heavy (non-hydrogen) atoms. The van der Waals surface area contributed by atoms with E-state index in [1.54, 1.807) is 35.9 Å². The van der Waals surface area contributed by atoms with Gasteiger partial charge in [0.2, 0.25) is 5.28 Å². The summed E-state index contributed by atoms with van der Waals surface area (Å²) in [7, 11) is -4.41. The van der Waals surface area contributed by atoms with Gasteiger partial charge in [-0.15, -0.1) is 5.01 Å². The van der Waals surface area contributed by atoms with Crippen LogP contribution in [0.1, 0.15) is 25.1 Å².